The lowest BCUT2D eigenvalue weighted by Gasteiger charge is -2.16. The van der Waals surface area contributed by atoms with Crippen LogP contribution in [-0.4, -0.2) is 31.0 Å². The molecule has 1 amide bonds. The molecule has 0 bridgehead atoms. The maximum absolute atomic E-state index is 11.9. The molecule has 0 aromatic heterocycles. The maximum atomic E-state index is 11.9. The number of hydrogen-bond donors (Lipinski definition) is 1. The van der Waals surface area contributed by atoms with Crippen LogP contribution >= 0.6 is 15.9 Å². The van der Waals surface area contributed by atoms with Crippen molar-refractivity contribution in [2.24, 2.45) is 5.92 Å². The van der Waals surface area contributed by atoms with Crippen molar-refractivity contribution in [3.05, 3.63) is 0 Å². The fraction of sp³-hybridized carbons (Fsp3) is 0.917. The molecule has 0 spiro atoms. The number of alkyl halides is 1. The summed E-state index contributed by atoms with van der Waals surface area (Å²) in [4.78, 5) is 12.1. The van der Waals surface area contributed by atoms with Crippen LogP contribution in [0.4, 0.5) is 0 Å². The molecule has 1 rings (SSSR count). The SMILES string of the molecule is COCC(Br)CNC(=O)C1CCCCCC1. The van der Waals surface area contributed by atoms with Gasteiger partial charge in [0, 0.05) is 19.6 Å². The van der Waals surface area contributed by atoms with Gasteiger partial charge in [0.25, 0.3) is 0 Å². The first kappa shape index (κ1) is 14.0. The number of amides is 1. The summed E-state index contributed by atoms with van der Waals surface area (Å²) in [5.41, 5.74) is 0. The first-order valence-electron chi connectivity index (χ1n) is 6.14. The van der Waals surface area contributed by atoms with Crippen LogP contribution in [0.3, 0.4) is 0 Å². The van der Waals surface area contributed by atoms with Gasteiger partial charge in [-0.05, 0) is 12.8 Å². The molecule has 0 heterocycles. The summed E-state index contributed by atoms with van der Waals surface area (Å²) in [6.07, 6.45) is 7.09. The highest BCUT2D eigenvalue weighted by Gasteiger charge is 2.20. The maximum Gasteiger partial charge on any atom is 0.223 e. The van der Waals surface area contributed by atoms with Crippen molar-refractivity contribution in [3.63, 3.8) is 0 Å². The molecule has 1 N–H and O–H groups in total. The van der Waals surface area contributed by atoms with E-state index in [0.29, 0.717) is 13.2 Å². The number of carbonyl (C=O) groups excluding carboxylic acids is 1. The lowest BCUT2D eigenvalue weighted by atomic mass is 9.99. The second-order valence-electron chi connectivity index (χ2n) is 4.49. The van der Waals surface area contributed by atoms with E-state index in [-0.39, 0.29) is 16.7 Å². The van der Waals surface area contributed by atoms with Gasteiger partial charge in [0.05, 0.1) is 11.4 Å². The Hall–Kier alpha value is -0.0900. The number of hydrogen-bond acceptors (Lipinski definition) is 2. The van der Waals surface area contributed by atoms with Crippen LogP contribution < -0.4 is 5.32 Å². The van der Waals surface area contributed by atoms with Crippen molar-refractivity contribution < 1.29 is 9.53 Å². The molecule has 16 heavy (non-hydrogen) atoms. The summed E-state index contributed by atoms with van der Waals surface area (Å²) in [6, 6.07) is 0. The van der Waals surface area contributed by atoms with Gasteiger partial charge in [-0.3, -0.25) is 4.79 Å². The highest BCUT2D eigenvalue weighted by Crippen LogP contribution is 2.22. The van der Waals surface area contributed by atoms with E-state index < -0.39 is 0 Å². The second-order valence-corrected chi connectivity index (χ2v) is 5.78. The first-order chi connectivity index (χ1) is 7.74. The molecular weight excluding hydrogens is 270 g/mol. The minimum atomic E-state index is 0.215. The van der Waals surface area contributed by atoms with Crippen LogP contribution in [0.25, 0.3) is 0 Å². The minimum absolute atomic E-state index is 0.215. The van der Waals surface area contributed by atoms with Gasteiger partial charge >= 0.3 is 0 Å². The van der Waals surface area contributed by atoms with Gasteiger partial charge in [-0.25, -0.2) is 0 Å². The van der Waals surface area contributed by atoms with Crippen LogP contribution in [0.1, 0.15) is 38.5 Å². The fourth-order valence-electron chi connectivity index (χ4n) is 2.14. The Morgan fingerprint density at radius 1 is 1.38 bits per heavy atom. The lowest BCUT2D eigenvalue weighted by Crippen LogP contribution is -2.35. The molecule has 0 radical (unpaired) electrons. The van der Waals surface area contributed by atoms with Crippen LogP contribution in [0.15, 0.2) is 0 Å². The van der Waals surface area contributed by atoms with E-state index in [1.165, 1.54) is 25.7 Å². The second kappa shape index (κ2) is 8.07. The van der Waals surface area contributed by atoms with Crippen molar-refractivity contribution >= 4 is 21.8 Å². The lowest BCUT2D eigenvalue weighted by molar-refractivity contribution is -0.125. The third kappa shape index (κ3) is 5.30. The number of methoxy groups -OCH3 is 1. The van der Waals surface area contributed by atoms with E-state index in [2.05, 4.69) is 21.2 Å². The Morgan fingerprint density at radius 2 is 2.00 bits per heavy atom. The van der Waals surface area contributed by atoms with Crippen LogP contribution in [0.2, 0.25) is 0 Å². The van der Waals surface area contributed by atoms with Gasteiger partial charge in [0.2, 0.25) is 5.91 Å². The molecule has 0 aromatic rings. The molecule has 94 valence electrons. The predicted molar refractivity (Wildman–Crippen MR) is 68.8 cm³/mol. The van der Waals surface area contributed by atoms with Gasteiger partial charge in [0.1, 0.15) is 0 Å². The smallest absolute Gasteiger partial charge is 0.223 e. The molecule has 0 saturated heterocycles. The molecule has 1 aliphatic carbocycles. The van der Waals surface area contributed by atoms with Crippen molar-refractivity contribution in [3.8, 4) is 0 Å². The molecule has 0 aromatic carbocycles. The summed E-state index contributed by atoms with van der Waals surface area (Å²) in [7, 11) is 1.67. The Kier molecular flexibility index (Phi) is 7.05. The highest BCUT2D eigenvalue weighted by atomic mass is 79.9. The zero-order valence-electron chi connectivity index (χ0n) is 10.0. The highest BCUT2D eigenvalue weighted by molar-refractivity contribution is 9.09. The van der Waals surface area contributed by atoms with Crippen LogP contribution in [-0.2, 0) is 9.53 Å². The van der Waals surface area contributed by atoms with Crippen molar-refractivity contribution in [2.75, 3.05) is 20.3 Å². The van der Waals surface area contributed by atoms with Gasteiger partial charge in [0.15, 0.2) is 0 Å². The molecule has 1 fully saturated rings. The summed E-state index contributed by atoms with van der Waals surface area (Å²) < 4.78 is 5.00. The Morgan fingerprint density at radius 3 is 2.56 bits per heavy atom. The van der Waals surface area contributed by atoms with E-state index >= 15 is 0 Å². The fourth-order valence-corrected chi connectivity index (χ4v) is 2.56. The molecular formula is C12H22BrNO2. The van der Waals surface area contributed by atoms with Gasteiger partial charge in [-0.2, -0.15) is 0 Å². The van der Waals surface area contributed by atoms with Gasteiger partial charge in [-0.1, -0.05) is 41.6 Å². The van der Waals surface area contributed by atoms with Crippen molar-refractivity contribution in [1.29, 1.82) is 0 Å². The van der Waals surface area contributed by atoms with E-state index in [0.717, 1.165) is 12.8 Å². The minimum Gasteiger partial charge on any atom is -0.383 e. The van der Waals surface area contributed by atoms with E-state index in [9.17, 15) is 4.79 Å². The predicted octanol–water partition coefficient (Wildman–Crippen LogP) is 2.48. The van der Waals surface area contributed by atoms with Crippen molar-refractivity contribution in [1.82, 2.24) is 5.32 Å². The van der Waals surface area contributed by atoms with Crippen molar-refractivity contribution in [2.45, 2.75) is 43.4 Å². The monoisotopic (exact) mass is 291 g/mol. The number of ether oxygens (including phenoxy) is 1. The summed E-state index contributed by atoms with van der Waals surface area (Å²) >= 11 is 3.47. The molecule has 4 heteroatoms. The molecule has 1 atom stereocenters. The third-order valence-electron chi connectivity index (χ3n) is 3.07. The summed E-state index contributed by atoms with van der Waals surface area (Å²) in [5.74, 6) is 0.465. The van der Waals surface area contributed by atoms with Gasteiger partial charge < -0.3 is 10.1 Å². The first-order valence-corrected chi connectivity index (χ1v) is 7.06. The summed E-state index contributed by atoms with van der Waals surface area (Å²) in [6.45, 7) is 1.29. The molecule has 1 aliphatic rings. The zero-order chi connectivity index (χ0) is 11.8. The Balaban J connectivity index is 2.22. The van der Waals surface area contributed by atoms with E-state index in [1.807, 2.05) is 0 Å². The number of rotatable bonds is 5. The summed E-state index contributed by atoms with van der Waals surface area (Å²) in [5, 5.41) is 3.00. The average Bonchev–Trinajstić information content (AvgIpc) is 2.55. The normalized spacial score (nSPS) is 20.1. The Bertz CT molecular complexity index is 203. The van der Waals surface area contributed by atoms with Crippen LogP contribution in [0.5, 0.6) is 0 Å². The van der Waals surface area contributed by atoms with Gasteiger partial charge in [-0.15, -0.1) is 0 Å². The number of halogens is 1. The molecule has 3 nitrogen and oxygen atoms in total. The van der Waals surface area contributed by atoms with Crippen LogP contribution in [0, 0.1) is 5.92 Å². The number of nitrogens with one attached hydrogen (secondary N) is 1. The Labute approximate surface area is 106 Å². The third-order valence-corrected chi connectivity index (χ3v) is 3.66. The number of carbonyl (C=O) groups is 1. The molecule has 1 unspecified atom stereocenters. The van der Waals surface area contributed by atoms with E-state index in [1.54, 1.807) is 7.11 Å². The quantitative estimate of drug-likeness (QED) is 0.624. The van der Waals surface area contributed by atoms with E-state index in [4.69, 9.17) is 4.74 Å². The zero-order valence-corrected chi connectivity index (χ0v) is 11.6. The average molecular weight is 292 g/mol. The topological polar surface area (TPSA) is 38.3 Å². The largest absolute Gasteiger partial charge is 0.383 e. The molecule has 1 saturated carbocycles. The standard InChI is InChI=1S/C12H22BrNO2/c1-16-9-11(13)8-14-12(15)10-6-4-2-3-5-7-10/h10-11H,2-9H2,1H3,(H,14,15). The molecule has 0 aliphatic heterocycles.